The highest BCUT2D eigenvalue weighted by atomic mass is 32.2. The fourth-order valence-electron chi connectivity index (χ4n) is 3.89. The molecule has 0 radical (unpaired) electrons. The Morgan fingerprint density at radius 3 is 2.40 bits per heavy atom. The number of nitrogens with zero attached hydrogens (tertiary/aromatic N) is 5. The Hall–Kier alpha value is -2.78. The van der Waals surface area contributed by atoms with Crippen LogP contribution in [-0.4, -0.2) is 70.2 Å². The van der Waals surface area contributed by atoms with E-state index < -0.39 is 10.0 Å². The van der Waals surface area contributed by atoms with E-state index in [2.05, 4.69) is 5.10 Å². The first-order valence-electron chi connectivity index (χ1n) is 9.98. The van der Waals surface area contributed by atoms with Crippen molar-refractivity contribution >= 4 is 27.0 Å². The van der Waals surface area contributed by atoms with Gasteiger partial charge in [0.15, 0.2) is 5.65 Å². The molecule has 3 aromatic rings. The topological polar surface area (TPSA) is 88.4 Å². The Morgan fingerprint density at radius 2 is 1.77 bits per heavy atom. The maximum atomic E-state index is 13.5. The summed E-state index contributed by atoms with van der Waals surface area (Å²) in [6, 6.07) is 11.5. The third kappa shape index (κ3) is 3.59. The molecule has 0 atom stereocenters. The molecule has 158 valence electrons. The Morgan fingerprint density at radius 1 is 1.10 bits per heavy atom. The average Bonchev–Trinajstić information content (AvgIpc) is 3.07. The van der Waals surface area contributed by atoms with Gasteiger partial charge in [0, 0.05) is 38.8 Å². The largest absolute Gasteiger partial charge is 0.336 e. The van der Waals surface area contributed by atoms with Crippen molar-refractivity contribution in [2.75, 3.05) is 31.9 Å². The number of aromatic nitrogens is 3. The van der Waals surface area contributed by atoms with Crippen molar-refractivity contribution in [1.29, 1.82) is 0 Å². The number of aryl methyl sites for hydroxylation is 2. The van der Waals surface area contributed by atoms with Gasteiger partial charge in [0.2, 0.25) is 10.0 Å². The highest BCUT2D eigenvalue weighted by Crippen LogP contribution is 2.28. The standard InChI is InChI=1S/C21H25N5O3S/c1-4-30(28,29)26-12-10-25(11-13-26)21(27)17-14-18(16-8-6-5-7-9-16)22-20-19(17)15(2)23-24(20)3/h5-9,14H,4,10-13H2,1-3H3. The fourth-order valence-corrected chi connectivity index (χ4v) is 4.98. The number of rotatable bonds is 4. The number of carbonyl (C=O) groups is 1. The third-order valence-corrected chi connectivity index (χ3v) is 7.43. The van der Waals surface area contributed by atoms with E-state index in [0.29, 0.717) is 43.1 Å². The molecule has 0 spiro atoms. The maximum absolute atomic E-state index is 13.5. The quantitative estimate of drug-likeness (QED) is 0.636. The normalized spacial score (nSPS) is 15.6. The second-order valence-corrected chi connectivity index (χ2v) is 9.68. The number of sulfonamides is 1. The lowest BCUT2D eigenvalue weighted by atomic mass is 10.0. The SMILES string of the molecule is CCS(=O)(=O)N1CCN(C(=O)c2cc(-c3ccccc3)nc3c2c(C)nn3C)CC1. The van der Waals surface area contributed by atoms with Crippen LogP contribution in [0.4, 0.5) is 0 Å². The smallest absolute Gasteiger partial charge is 0.254 e. The van der Waals surface area contributed by atoms with Crippen LogP contribution < -0.4 is 0 Å². The van der Waals surface area contributed by atoms with Crippen molar-refractivity contribution in [3.05, 3.63) is 47.7 Å². The van der Waals surface area contributed by atoms with Crippen LogP contribution in [0.1, 0.15) is 23.0 Å². The Balaban J connectivity index is 1.72. The highest BCUT2D eigenvalue weighted by molar-refractivity contribution is 7.89. The molecule has 2 aromatic heterocycles. The van der Waals surface area contributed by atoms with Crippen LogP contribution in [0, 0.1) is 6.92 Å². The molecule has 3 heterocycles. The lowest BCUT2D eigenvalue weighted by Gasteiger charge is -2.34. The van der Waals surface area contributed by atoms with Gasteiger partial charge < -0.3 is 4.90 Å². The Labute approximate surface area is 176 Å². The predicted octanol–water partition coefficient (Wildman–Crippen LogP) is 2.05. The molecular weight excluding hydrogens is 402 g/mol. The predicted molar refractivity (Wildman–Crippen MR) is 116 cm³/mol. The van der Waals surface area contributed by atoms with Crippen LogP contribution in [0.2, 0.25) is 0 Å². The molecule has 30 heavy (non-hydrogen) atoms. The summed E-state index contributed by atoms with van der Waals surface area (Å²) in [4.78, 5) is 19.9. The molecule has 1 saturated heterocycles. The molecule has 1 fully saturated rings. The number of hydrogen-bond acceptors (Lipinski definition) is 5. The van der Waals surface area contributed by atoms with Crippen molar-refractivity contribution in [3.8, 4) is 11.3 Å². The van der Waals surface area contributed by atoms with E-state index in [-0.39, 0.29) is 11.7 Å². The fraction of sp³-hybridized carbons (Fsp3) is 0.381. The third-order valence-electron chi connectivity index (χ3n) is 5.55. The van der Waals surface area contributed by atoms with Gasteiger partial charge in [-0.3, -0.25) is 9.48 Å². The van der Waals surface area contributed by atoms with Crippen molar-refractivity contribution < 1.29 is 13.2 Å². The van der Waals surface area contributed by atoms with Gasteiger partial charge in [-0.15, -0.1) is 0 Å². The minimum Gasteiger partial charge on any atom is -0.336 e. The molecular formula is C21H25N5O3S. The summed E-state index contributed by atoms with van der Waals surface area (Å²) < 4.78 is 27.4. The number of hydrogen-bond donors (Lipinski definition) is 0. The number of amides is 1. The van der Waals surface area contributed by atoms with Crippen LogP contribution in [0.3, 0.4) is 0 Å². The van der Waals surface area contributed by atoms with Crippen molar-refractivity contribution in [3.63, 3.8) is 0 Å². The Kier molecular flexibility index (Phi) is 5.33. The Bertz CT molecular complexity index is 1200. The van der Waals surface area contributed by atoms with Gasteiger partial charge in [-0.25, -0.2) is 13.4 Å². The van der Waals surface area contributed by atoms with Gasteiger partial charge >= 0.3 is 0 Å². The molecule has 0 aliphatic carbocycles. The number of benzene rings is 1. The second kappa shape index (κ2) is 7.81. The maximum Gasteiger partial charge on any atom is 0.254 e. The van der Waals surface area contributed by atoms with Gasteiger partial charge in [-0.2, -0.15) is 9.40 Å². The average molecular weight is 428 g/mol. The van der Waals surface area contributed by atoms with Crippen LogP contribution in [-0.2, 0) is 17.1 Å². The monoisotopic (exact) mass is 427 g/mol. The van der Waals surface area contributed by atoms with Crippen LogP contribution in [0.15, 0.2) is 36.4 Å². The lowest BCUT2D eigenvalue weighted by Crippen LogP contribution is -2.50. The number of piperazine rings is 1. The van der Waals surface area contributed by atoms with Crippen molar-refractivity contribution in [2.24, 2.45) is 7.05 Å². The first-order chi connectivity index (χ1) is 14.3. The van der Waals surface area contributed by atoms with E-state index in [0.717, 1.165) is 16.6 Å². The zero-order valence-corrected chi connectivity index (χ0v) is 18.2. The van der Waals surface area contributed by atoms with E-state index in [4.69, 9.17) is 4.98 Å². The minimum atomic E-state index is -3.24. The summed E-state index contributed by atoms with van der Waals surface area (Å²) in [5.41, 5.74) is 3.59. The molecule has 9 heteroatoms. The summed E-state index contributed by atoms with van der Waals surface area (Å²) >= 11 is 0. The summed E-state index contributed by atoms with van der Waals surface area (Å²) in [5, 5.41) is 5.21. The molecule has 0 saturated carbocycles. The number of carbonyl (C=O) groups excluding carboxylic acids is 1. The van der Waals surface area contributed by atoms with E-state index >= 15 is 0 Å². The minimum absolute atomic E-state index is 0.0707. The second-order valence-electron chi connectivity index (χ2n) is 7.42. The summed E-state index contributed by atoms with van der Waals surface area (Å²) in [5.74, 6) is -0.0504. The summed E-state index contributed by atoms with van der Waals surface area (Å²) in [6.45, 7) is 4.86. The first kappa shape index (κ1) is 20.5. The zero-order chi connectivity index (χ0) is 21.5. The molecule has 0 bridgehead atoms. The first-order valence-corrected chi connectivity index (χ1v) is 11.6. The lowest BCUT2D eigenvalue weighted by molar-refractivity contribution is 0.0700. The summed E-state index contributed by atoms with van der Waals surface area (Å²) in [6.07, 6.45) is 0. The number of fused-ring (bicyclic) bond motifs is 1. The molecule has 4 rings (SSSR count). The van der Waals surface area contributed by atoms with E-state index in [1.54, 1.807) is 16.5 Å². The summed E-state index contributed by atoms with van der Waals surface area (Å²) in [7, 11) is -1.42. The van der Waals surface area contributed by atoms with Gasteiger partial charge in [-0.1, -0.05) is 30.3 Å². The van der Waals surface area contributed by atoms with Crippen LogP contribution in [0.25, 0.3) is 22.3 Å². The molecule has 1 aliphatic rings. The van der Waals surface area contributed by atoms with Crippen LogP contribution in [0.5, 0.6) is 0 Å². The highest BCUT2D eigenvalue weighted by Gasteiger charge is 2.30. The van der Waals surface area contributed by atoms with Gasteiger partial charge in [0.25, 0.3) is 5.91 Å². The molecule has 8 nitrogen and oxygen atoms in total. The number of pyridine rings is 1. The van der Waals surface area contributed by atoms with Gasteiger partial charge in [0.05, 0.1) is 28.1 Å². The molecule has 1 aromatic carbocycles. The van der Waals surface area contributed by atoms with E-state index in [1.165, 1.54) is 4.31 Å². The molecule has 1 amide bonds. The zero-order valence-electron chi connectivity index (χ0n) is 17.4. The van der Waals surface area contributed by atoms with Crippen LogP contribution >= 0.6 is 0 Å². The van der Waals surface area contributed by atoms with E-state index in [1.807, 2.05) is 50.4 Å². The molecule has 0 N–H and O–H groups in total. The molecule has 0 unspecified atom stereocenters. The van der Waals surface area contributed by atoms with Crippen molar-refractivity contribution in [1.82, 2.24) is 24.0 Å². The van der Waals surface area contributed by atoms with E-state index in [9.17, 15) is 13.2 Å². The van der Waals surface area contributed by atoms with Crippen molar-refractivity contribution in [2.45, 2.75) is 13.8 Å². The van der Waals surface area contributed by atoms with Gasteiger partial charge in [-0.05, 0) is 19.9 Å². The van der Waals surface area contributed by atoms with Gasteiger partial charge in [0.1, 0.15) is 0 Å². The molecule has 1 aliphatic heterocycles.